The molecule has 0 unspecified atom stereocenters. The van der Waals surface area contributed by atoms with Crippen LogP contribution in [-0.4, -0.2) is 23.3 Å². The van der Waals surface area contributed by atoms with Crippen molar-refractivity contribution in [3.05, 3.63) is 11.7 Å². The van der Waals surface area contributed by atoms with E-state index in [-0.39, 0.29) is 5.60 Å². The monoisotopic (exact) mass is 281 g/mol. The zero-order chi connectivity index (χ0) is 14.3. The van der Waals surface area contributed by atoms with Crippen LogP contribution in [0, 0.1) is 0 Å². The second-order valence-electron chi connectivity index (χ2n) is 5.60. The van der Waals surface area contributed by atoms with Gasteiger partial charge in [0.2, 0.25) is 11.7 Å². The van der Waals surface area contributed by atoms with Gasteiger partial charge in [-0.15, -0.1) is 0 Å². The molecular formula is C15H27N3O2. The summed E-state index contributed by atoms with van der Waals surface area (Å²) >= 11 is 0. The average Bonchev–Trinajstić information content (AvgIpc) is 2.80. The number of aryl methyl sites for hydroxylation is 1. The number of rotatable bonds is 7. The highest BCUT2D eigenvalue weighted by atomic mass is 16.5. The van der Waals surface area contributed by atoms with Crippen molar-refractivity contribution in [3.63, 3.8) is 0 Å². The number of unbranched alkanes of at least 4 members (excludes halogenated alkanes) is 1. The Bertz CT molecular complexity index is 384. The Labute approximate surface area is 121 Å². The van der Waals surface area contributed by atoms with Gasteiger partial charge in [0.1, 0.15) is 5.60 Å². The van der Waals surface area contributed by atoms with Crippen molar-refractivity contribution < 1.29 is 9.26 Å². The van der Waals surface area contributed by atoms with Gasteiger partial charge in [-0.1, -0.05) is 30.8 Å². The molecular weight excluding hydrogens is 254 g/mol. The van der Waals surface area contributed by atoms with Crippen LogP contribution in [0.25, 0.3) is 0 Å². The summed E-state index contributed by atoms with van der Waals surface area (Å²) in [5, 5.41) is 4.21. The average molecular weight is 281 g/mol. The largest absolute Gasteiger partial charge is 0.367 e. The van der Waals surface area contributed by atoms with Crippen LogP contribution in [0.15, 0.2) is 4.52 Å². The molecule has 2 N–H and O–H groups in total. The number of nitrogens with zero attached hydrogens (tertiary/aromatic N) is 2. The fraction of sp³-hybridized carbons (Fsp3) is 0.867. The molecule has 2 rings (SSSR count). The van der Waals surface area contributed by atoms with Crippen molar-refractivity contribution in [1.29, 1.82) is 0 Å². The van der Waals surface area contributed by atoms with Crippen molar-refractivity contribution in [1.82, 2.24) is 10.1 Å². The van der Waals surface area contributed by atoms with E-state index >= 15 is 0 Å². The minimum absolute atomic E-state index is 0.319. The van der Waals surface area contributed by atoms with Crippen LogP contribution in [0.4, 0.5) is 0 Å². The summed E-state index contributed by atoms with van der Waals surface area (Å²) < 4.78 is 11.5. The molecule has 0 saturated heterocycles. The quantitative estimate of drug-likeness (QED) is 0.614. The molecule has 1 fully saturated rings. The van der Waals surface area contributed by atoms with Crippen LogP contribution < -0.4 is 5.73 Å². The zero-order valence-electron chi connectivity index (χ0n) is 12.6. The second kappa shape index (κ2) is 7.74. The lowest BCUT2D eigenvalue weighted by Crippen LogP contribution is -2.30. The predicted octanol–water partition coefficient (Wildman–Crippen LogP) is 2.94. The molecule has 1 heterocycles. The highest BCUT2D eigenvalue weighted by Crippen LogP contribution is 2.38. The first-order valence-electron chi connectivity index (χ1n) is 7.98. The van der Waals surface area contributed by atoms with Crippen molar-refractivity contribution in [2.45, 2.75) is 70.3 Å². The van der Waals surface area contributed by atoms with E-state index in [1.54, 1.807) is 0 Å². The third-order valence-electron chi connectivity index (χ3n) is 4.05. The Morgan fingerprint density at radius 3 is 2.60 bits per heavy atom. The van der Waals surface area contributed by atoms with Gasteiger partial charge in [0.05, 0.1) is 0 Å². The SMILES string of the molecule is CCOC1(c2noc(CCCCN)n2)CCCCCC1. The molecule has 0 radical (unpaired) electrons. The van der Waals surface area contributed by atoms with Gasteiger partial charge in [0.25, 0.3) is 0 Å². The molecule has 0 aromatic carbocycles. The van der Waals surface area contributed by atoms with Crippen LogP contribution in [0.3, 0.4) is 0 Å². The van der Waals surface area contributed by atoms with Crippen molar-refractivity contribution >= 4 is 0 Å². The molecule has 0 bridgehead atoms. The minimum atomic E-state index is -0.319. The molecule has 5 nitrogen and oxygen atoms in total. The van der Waals surface area contributed by atoms with Gasteiger partial charge in [0.15, 0.2) is 0 Å². The number of hydrogen-bond acceptors (Lipinski definition) is 5. The molecule has 1 aromatic rings. The Balaban J connectivity index is 2.08. The summed E-state index contributed by atoms with van der Waals surface area (Å²) in [6.45, 7) is 3.44. The maximum atomic E-state index is 6.07. The Hall–Kier alpha value is -0.940. The van der Waals surface area contributed by atoms with Crippen molar-refractivity contribution in [2.75, 3.05) is 13.2 Å². The Morgan fingerprint density at radius 1 is 1.20 bits per heavy atom. The Morgan fingerprint density at radius 2 is 1.95 bits per heavy atom. The standard InChI is InChI=1S/C15H27N3O2/c1-2-19-15(10-6-3-4-7-11-15)14-17-13(20-18-14)9-5-8-12-16/h2-12,16H2,1H3. The van der Waals surface area contributed by atoms with E-state index in [1.807, 2.05) is 6.92 Å². The number of hydrogen-bond donors (Lipinski definition) is 1. The minimum Gasteiger partial charge on any atom is -0.367 e. The van der Waals surface area contributed by atoms with Gasteiger partial charge in [-0.25, -0.2) is 0 Å². The van der Waals surface area contributed by atoms with E-state index in [0.29, 0.717) is 13.2 Å². The van der Waals surface area contributed by atoms with Crippen molar-refractivity contribution in [3.8, 4) is 0 Å². The van der Waals surface area contributed by atoms with Gasteiger partial charge in [-0.3, -0.25) is 0 Å². The normalized spacial score (nSPS) is 18.9. The molecule has 5 heteroatoms. The topological polar surface area (TPSA) is 74.2 Å². The summed E-state index contributed by atoms with van der Waals surface area (Å²) in [6, 6.07) is 0. The lowest BCUT2D eigenvalue weighted by atomic mass is 9.93. The van der Waals surface area contributed by atoms with Crippen molar-refractivity contribution in [2.24, 2.45) is 5.73 Å². The number of aromatic nitrogens is 2. The van der Waals surface area contributed by atoms with Crippen LogP contribution in [0.2, 0.25) is 0 Å². The van der Waals surface area contributed by atoms with E-state index in [0.717, 1.165) is 43.8 Å². The first kappa shape index (κ1) is 15.4. The summed E-state index contributed by atoms with van der Waals surface area (Å²) in [4.78, 5) is 4.59. The second-order valence-corrected chi connectivity index (χ2v) is 5.60. The summed E-state index contributed by atoms with van der Waals surface area (Å²) in [5.74, 6) is 1.47. The predicted molar refractivity (Wildman–Crippen MR) is 77.3 cm³/mol. The fourth-order valence-electron chi connectivity index (χ4n) is 2.97. The van der Waals surface area contributed by atoms with E-state index in [2.05, 4.69) is 10.1 Å². The Kier molecular flexibility index (Phi) is 5.98. The molecule has 0 amide bonds. The third-order valence-corrected chi connectivity index (χ3v) is 4.05. The van der Waals surface area contributed by atoms with Crippen LogP contribution in [0.5, 0.6) is 0 Å². The summed E-state index contributed by atoms with van der Waals surface area (Å²) in [5.41, 5.74) is 5.19. The zero-order valence-corrected chi connectivity index (χ0v) is 12.6. The molecule has 0 aliphatic heterocycles. The molecule has 1 aliphatic carbocycles. The molecule has 1 saturated carbocycles. The first-order chi connectivity index (χ1) is 9.80. The highest BCUT2D eigenvalue weighted by Gasteiger charge is 2.38. The summed E-state index contributed by atoms with van der Waals surface area (Å²) in [7, 11) is 0. The molecule has 114 valence electrons. The molecule has 1 aromatic heterocycles. The van der Waals surface area contributed by atoms with Gasteiger partial charge < -0.3 is 15.0 Å². The van der Waals surface area contributed by atoms with Gasteiger partial charge in [0, 0.05) is 13.0 Å². The first-order valence-corrected chi connectivity index (χ1v) is 7.98. The number of nitrogens with two attached hydrogens (primary N) is 1. The molecule has 0 atom stereocenters. The van der Waals surface area contributed by atoms with E-state index in [4.69, 9.17) is 15.0 Å². The van der Waals surface area contributed by atoms with Crippen LogP contribution in [-0.2, 0) is 16.8 Å². The van der Waals surface area contributed by atoms with E-state index in [1.165, 1.54) is 25.7 Å². The van der Waals surface area contributed by atoms with Gasteiger partial charge in [-0.2, -0.15) is 4.98 Å². The maximum absolute atomic E-state index is 6.07. The lowest BCUT2D eigenvalue weighted by molar-refractivity contribution is -0.0636. The van der Waals surface area contributed by atoms with Gasteiger partial charge in [-0.05, 0) is 39.2 Å². The lowest BCUT2D eigenvalue weighted by Gasteiger charge is -2.29. The maximum Gasteiger partial charge on any atom is 0.226 e. The van der Waals surface area contributed by atoms with E-state index < -0.39 is 0 Å². The van der Waals surface area contributed by atoms with Crippen LogP contribution >= 0.6 is 0 Å². The molecule has 20 heavy (non-hydrogen) atoms. The smallest absolute Gasteiger partial charge is 0.226 e. The third kappa shape index (κ3) is 3.79. The highest BCUT2D eigenvalue weighted by molar-refractivity contribution is 5.03. The van der Waals surface area contributed by atoms with Crippen LogP contribution in [0.1, 0.15) is 70.0 Å². The fourth-order valence-corrected chi connectivity index (χ4v) is 2.97. The van der Waals surface area contributed by atoms with E-state index in [9.17, 15) is 0 Å². The van der Waals surface area contributed by atoms with Gasteiger partial charge >= 0.3 is 0 Å². The number of ether oxygens (including phenoxy) is 1. The molecule has 1 aliphatic rings. The molecule has 0 spiro atoms. The summed E-state index contributed by atoms with van der Waals surface area (Å²) in [6.07, 6.45) is 9.71.